The van der Waals surface area contributed by atoms with Crippen molar-refractivity contribution in [2.24, 2.45) is 5.41 Å². The largest absolute Gasteiger partial charge is 0.339 e. The Morgan fingerprint density at radius 1 is 1.18 bits per heavy atom. The molecule has 3 heterocycles. The Hall–Kier alpha value is -3.11. The van der Waals surface area contributed by atoms with Gasteiger partial charge in [0.25, 0.3) is 12.3 Å². The lowest BCUT2D eigenvalue weighted by atomic mass is 9.64. The molecule has 2 aromatic heterocycles. The smallest absolute Gasteiger partial charge is 0.272 e. The molecule has 2 N–H and O–H groups in total. The number of hydrogen-bond acceptors (Lipinski definition) is 5. The molecule has 1 saturated heterocycles. The van der Waals surface area contributed by atoms with Crippen molar-refractivity contribution in [3.05, 3.63) is 58.3 Å². The van der Waals surface area contributed by atoms with Gasteiger partial charge in [0, 0.05) is 31.7 Å². The predicted molar refractivity (Wildman–Crippen MR) is 153 cm³/mol. The molecule has 10 heteroatoms. The molecule has 1 spiro atoms. The van der Waals surface area contributed by atoms with E-state index in [4.69, 9.17) is 4.98 Å². The molecule has 0 unspecified atom stereocenters. The summed E-state index contributed by atoms with van der Waals surface area (Å²) in [5.41, 5.74) is 2.94. The average molecular weight is 568 g/mol. The van der Waals surface area contributed by atoms with Crippen molar-refractivity contribution in [1.82, 2.24) is 19.8 Å². The minimum atomic E-state index is -2.61. The van der Waals surface area contributed by atoms with Gasteiger partial charge >= 0.3 is 0 Å². The van der Waals surface area contributed by atoms with Gasteiger partial charge in [-0.3, -0.25) is 14.9 Å². The van der Waals surface area contributed by atoms with Crippen LogP contribution in [0.2, 0.25) is 0 Å². The fraction of sp³-hybridized carbons (Fsp3) is 0.500. The Bertz CT molecular complexity index is 1420. The number of rotatable bonds is 8. The highest BCUT2D eigenvalue weighted by molar-refractivity contribution is 7.14. The van der Waals surface area contributed by atoms with Gasteiger partial charge in [-0.25, -0.2) is 13.8 Å². The molecule has 212 valence electrons. The van der Waals surface area contributed by atoms with E-state index in [-0.39, 0.29) is 27.1 Å². The van der Waals surface area contributed by atoms with E-state index >= 15 is 0 Å². The van der Waals surface area contributed by atoms with Gasteiger partial charge in [-0.15, -0.1) is 11.3 Å². The number of imidazole rings is 1. The second-order valence-corrected chi connectivity index (χ2v) is 12.7. The number of likely N-dealkylation sites (tertiary alicyclic amines) is 1. The van der Waals surface area contributed by atoms with Gasteiger partial charge in [-0.05, 0) is 73.4 Å². The zero-order valence-electron chi connectivity index (χ0n) is 22.5. The van der Waals surface area contributed by atoms with Gasteiger partial charge in [0.2, 0.25) is 11.9 Å². The molecule has 2 saturated carbocycles. The lowest BCUT2D eigenvalue weighted by molar-refractivity contribution is -0.125. The first-order valence-corrected chi connectivity index (χ1v) is 15.0. The van der Waals surface area contributed by atoms with E-state index in [1.54, 1.807) is 0 Å². The summed E-state index contributed by atoms with van der Waals surface area (Å²) in [7, 11) is 0. The summed E-state index contributed by atoms with van der Waals surface area (Å²) in [6.45, 7) is 5.83. The first-order valence-electron chi connectivity index (χ1n) is 14.2. The van der Waals surface area contributed by atoms with Crippen molar-refractivity contribution >= 4 is 40.1 Å². The number of nitrogens with one attached hydrogen (secondary N) is 2. The molecule has 6 rings (SSSR count). The van der Waals surface area contributed by atoms with Crippen molar-refractivity contribution in [3.8, 4) is 0 Å². The highest BCUT2D eigenvalue weighted by Gasteiger charge is 2.50. The van der Waals surface area contributed by atoms with Crippen LogP contribution in [0.4, 0.5) is 14.7 Å². The van der Waals surface area contributed by atoms with Crippen LogP contribution in [-0.4, -0.2) is 45.4 Å². The maximum Gasteiger partial charge on any atom is 0.272 e. The maximum atomic E-state index is 13.1. The molecule has 40 heavy (non-hydrogen) atoms. The standard InChI is InChI=1S/C30H35F2N5O2S/c1-2-26(38)36-13-12-30(18-36)15-21(16-30)37-23-9-8-19(17-33-20-6-4-3-5-7-20)14-22(23)34-29(37)35-28(39)25-11-10-24(40-25)27(31)32/h2,8-11,14,20-21,27,33H,1,3-7,12-13,15-18H2,(H,34,35,39). The highest BCUT2D eigenvalue weighted by atomic mass is 32.1. The van der Waals surface area contributed by atoms with E-state index in [1.807, 2.05) is 4.90 Å². The highest BCUT2D eigenvalue weighted by Crippen LogP contribution is 2.55. The van der Waals surface area contributed by atoms with Crippen LogP contribution >= 0.6 is 11.3 Å². The van der Waals surface area contributed by atoms with Crippen LogP contribution in [0.25, 0.3) is 11.0 Å². The maximum absolute atomic E-state index is 13.1. The summed E-state index contributed by atoms with van der Waals surface area (Å²) >= 11 is 0.799. The van der Waals surface area contributed by atoms with E-state index in [2.05, 4.69) is 40.0 Å². The number of hydrogen-bond donors (Lipinski definition) is 2. The Balaban J connectivity index is 1.25. The van der Waals surface area contributed by atoms with E-state index in [0.717, 1.165) is 60.3 Å². The number of benzene rings is 1. The first-order chi connectivity index (χ1) is 19.3. The molecule has 0 bridgehead atoms. The molecule has 3 aliphatic rings. The van der Waals surface area contributed by atoms with Gasteiger partial charge in [-0.1, -0.05) is 31.9 Å². The first kappa shape index (κ1) is 27.1. The number of halogens is 2. The van der Waals surface area contributed by atoms with Crippen molar-refractivity contribution in [2.75, 3.05) is 18.4 Å². The van der Waals surface area contributed by atoms with E-state index in [9.17, 15) is 18.4 Å². The average Bonchev–Trinajstić information content (AvgIpc) is 3.68. The second-order valence-electron chi connectivity index (χ2n) is 11.6. The SMILES string of the molecule is C=CC(=O)N1CCC2(CC(n3c(NC(=O)c4ccc(C(F)F)s4)nc4cc(CNC5CCCCC5)ccc43)C2)C1. The number of carbonyl (C=O) groups is 2. The van der Waals surface area contributed by atoms with Crippen molar-refractivity contribution in [2.45, 2.75) is 76.4 Å². The summed E-state index contributed by atoms with van der Waals surface area (Å²) in [6.07, 6.45) is 7.74. The Morgan fingerprint density at radius 3 is 2.70 bits per heavy atom. The normalized spacial score (nSPS) is 23.2. The fourth-order valence-corrected chi connectivity index (χ4v) is 7.50. The summed E-state index contributed by atoms with van der Waals surface area (Å²) in [4.78, 5) is 32.0. The molecular formula is C30H35F2N5O2S. The Labute approximate surface area is 236 Å². The summed E-state index contributed by atoms with van der Waals surface area (Å²) in [5, 5.41) is 6.60. The van der Waals surface area contributed by atoms with E-state index in [1.165, 1.54) is 50.3 Å². The number of anilines is 1. The van der Waals surface area contributed by atoms with Crippen LogP contribution in [0.15, 0.2) is 43.0 Å². The van der Waals surface area contributed by atoms with Crippen LogP contribution in [0.1, 0.15) is 83.9 Å². The molecule has 1 aliphatic heterocycles. The number of thiophene rings is 1. The van der Waals surface area contributed by atoms with Crippen LogP contribution in [0.5, 0.6) is 0 Å². The third-order valence-corrected chi connectivity index (χ3v) is 9.96. The number of fused-ring (bicyclic) bond motifs is 1. The number of nitrogens with zero attached hydrogens (tertiary/aromatic N) is 3. The van der Waals surface area contributed by atoms with Crippen molar-refractivity contribution in [1.29, 1.82) is 0 Å². The van der Waals surface area contributed by atoms with Crippen LogP contribution < -0.4 is 10.6 Å². The quantitative estimate of drug-likeness (QED) is 0.307. The molecule has 3 fully saturated rings. The minimum absolute atomic E-state index is 0.0326. The lowest BCUT2D eigenvalue weighted by Gasteiger charge is -2.46. The molecule has 7 nitrogen and oxygen atoms in total. The van der Waals surface area contributed by atoms with E-state index in [0.29, 0.717) is 18.5 Å². The zero-order valence-corrected chi connectivity index (χ0v) is 23.3. The van der Waals surface area contributed by atoms with Crippen LogP contribution in [-0.2, 0) is 11.3 Å². The van der Waals surface area contributed by atoms with Crippen molar-refractivity contribution in [3.63, 3.8) is 0 Å². The van der Waals surface area contributed by atoms with Crippen LogP contribution in [0, 0.1) is 5.41 Å². The number of amides is 2. The second kappa shape index (κ2) is 11.0. The molecule has 1 aromatic carbocycles. The summed E-state index contributed by atoms with van der Waals surface area (Å²) < 4.78 is 28.3. The molecule has 2 amide bonds. The summed E-state index contributed by atoms with van der Waals surface area (Å²) in [5.74, 6) is -0.0404. The monoisotopic (exact) mass is 567 g/mol. The van der Waals surface area contributed by atoms with Gasteiger partial charge in [-0.2, -0.15) is 0 Å². The predicted octanol–water partition coefficient (Wildman–Crippen LogP) is 6.45. The molecule has 3 aromatic rings. The number of aromatic nitrogens is 2. The van der Waals surface area contributed by atoms with Gasteiger partial charge in [0.15, 0.2) is 0 Å². The molecule has 2 aliphatic carbocycles. The number of carbonyl (C=O) groups excluding carboxylic acids is 2. The van der Waals surface area contributed by atoms with Gasteiger partial charge in [0.05, 0.1) is 20.8 Å². The number of alkyl halides is 2. The Morgan fingerprint density at radius 2 is 1.98 bits per heavy atom. The topological polar surface area (TPSA) is 79.3 Å². The fourth-order valence-electron chi connectivity index (χ4n) is 6.74. The van der Waals surface area contributed by atoms with Gasteiger partial charge in [0.1, 0.15) is 0 Å². The Kier molecular flexibility index (Phi) is 7.48. The third-order valence-electron chi connectivity index (χ3n) is 8.87. The van der Waals surface area contributed by atoms with Crippen LogP contribution in [0.3, 0.4) is 0 Å². The third kappa shape index (κ3) is 5.31. The molecular weight excluding hydrogens is 532 g/mol. The van der Waals surface area contributed by atoms with Gasteiger partial charge < -0.3 is 14.8 Å². The lowest BCUT2D eigenvalue weighted by Crippen LogP contribution is -2.42. The van der Waals surface area contributed by atoms with E-state index < -0.39 is 12.3 Å². The van der Waals surface area contributed by atoms with Crippen molar-refractivity contribution < 1.29 is 18.4 Å². The molecule has 0 radical (unpaired) electrons. The molecule has 0 atom stereocenters. The summed E-state index contributed by atoms with van der Waals surface area (Å²) in [6, 6.07) is 9.66. The minimum Gasteiger partial charge on any atom is -0.339 e. The zero-order chi connectivity index (χ0) is 27.9.